The second-order valence-corrected chi connectivity index (χ2v) is 7.06. The molecule has 29 heavy (non-hydrogen) atoms. The van der Waals surface area contributed by atoms with Gasteiger partial charge in [-0.1, -0.05) is 36.0 Å². The van der Waals surface area contributed by atoms with E-state index in [-0.39, 0.29) is 34.8 Å². The van der Waals surface area contributed by atoms with E-state index >= 15 is 0 Å². The van der Waals surface area contributed by atoms with Crippen molar-refractivity contribution < 1.29 is 18.9 Å². The van der Waals surface area contributed by atoms with Crippen LogP contribution in [0.4, 0.5) is 11.4 Å². The largest absolute Gasteiger partial charge is 0.484 e. The molecule has 150 valence electrons. The average molecular weight is 414 g/mol. The summed E-state index contributed by atoms with van der Waals surface area (Å²) in [7, 11) is 0. The summed E-state index contributed by atoms with van der Waals surface area (Å²) in [6.45, 7) is 3.58. The lowest BCUT2D eigenvalue weighted by Crippen LogP contribution is -2.16. The molecule has 0 unspecified atom stereocenters. The minimum absolute atomic E-state index is 0.0361. The average Bonchev–Trinajstić information content (AvgIpc) is 3.15. The number of anilines is 1. The zero-order valence-electron chi connectivity index (χ0n) is 15.7. The highest BCUT2D eigenvalue weighted by Crippen LogP contribution is 2.30. The zero-order chi connectivity index (χ0) is 20.8. The quantitative estimate of drug-likeness (QED) is 0.335. The fraction of sp³-hybridized carbons (Fsp3) is 0.211. The Morgan fingerprint density at radius 3 is 2.72 bits per heavy atom. The highest BCUT2D eigenvalue weighted by molar-refractivity contribution is 7.99. The highest BCUT2D eigenvalue weighted by Gasteiger charge is 2.19. The number of hydrogen-bond donors (Lipinski definition) is 1. The van der Waals surface area contributed by atoms with Gasteiger partial charge in [0.25, 0.3) is 16.8 Å². The predicted octanol–water partition coefficient (Wildman–Crippen LogP) is 3.90. The molecule has 0 saturated heterocycles. The molecule has 1 aromatic heterocycles. The van der Waals surface area contributed by atoms with E-state index in [1.807, 2.05) is 30.3 Å². The number of aryl methyl sites for hydroxylation is 2. The third kappa shape index (κ3) is 5.55. The number of nitrogens with one attached hydrogen (secondary N) is 1. The summed E-state index contributed by atoms with van der Waals surface area (Å²) >= 11 is 1.04. The van der Waals surface area contributed by atoms with Crippen LogP contribution in [-0.2, 0) is 11.4 Å². The number of thioether (sulfide) groups is 1. The van der Waals surface area contributed by atoms with Crippen molar-refractivity contribution in [3.8, 4) is 5.75 Å². The Kier molecular flexibility index (Phi) is 6.45. The van der Waals surface area contributed by atoms with Gasteiger partial charge >= 0.3 is 0 Å². The molecule has 0 aliphatic heterocycles. The molecular weight excluding hydrogens is 396 g/mol. The van der Waals surface area contributed by atoms with Crippen LogP contribution in [0.3, 0.4) is 0 Å². The van der Waals surface area contributed by atoms with Crippen molar-refractivity contribution in [2.24, 2.45) is 0 Å². The smallest absolute Gasteiger partial charge is 0.293 e. The minimum atomic E-state index is -0.514. The monoisotopic (exact) mass is 414 g/mol. The lowest BCUT2D eigenvalue weighted by atomic mass is 10.1. The van der Waals surface area contributed by atoms with Crippen molar-refractivity contribution in [2.75, 3.05) is 11.1 Å². The maximum absolute atomic E-state index is 12.2. The Hall–Kier alpha value is -3.40. The lowest BCUT2D eigenvalue weighted by molar-refractivity contribution is -0.384. The Morgan fingerprint density at radius 2 is 2.00 bits per heavy atom. The second kappa shape index (κ2) is 9.20. The molecule has 0 saturated carbocycles. The summed E-state index contributed by atoms with van der Waals surface area (Å²) in [6, 6.07) is 12.4. The fourth-order valence-electron chi connectivity index (χ4n) is 2.57. The second-order valence-electron chi connectivity index (χ2n) is 6.13. The van der Waals surface area contributed by atoms with E-state index in [1.54, 1.807) is 19.9 Å². The molecule has 0 aliphatic carbocycles. The lowest BCUT2D eigenvalue weighted by Gasteiger charge is -2.09. The van der Waals surface area contributed by atoms with Crippen molar-refractivity contribution in [1.29, 1.82) is 0 Å². The zero-order valence-corrected chi connectivity index (χ0v) is 16.6. The Morgan fingerprint density at radius 1 is 1.24 bits per heavy atom. The van der Waals surface area contributed by atoms with Crippen LogP contribution in [-0.4, -0.2) is 26.8 Å². The molecule has 0 aliphatic rings. The minimum Gasteiger partial charge on any atom is -0.484 e. The summed E-state index contributed by atoms with van der Waals surface area (Å²) in [5.74, 6) is 0.507. The van der Waals surface area contributed by atoms with Crippen LogP contribution in [0.25, 0.3) is 0 Å². The van der Waals surface area contributed by atoms with Crippen LogP contribution < -0.4 is 10.1 Å². The first-order valence-electron chi connectivity index (χ1n) is 8.61. The number of aromatic nitrogens is 2. The van der Waals surface area contributed by atoms with Crippen LogP contribution in [0, 0.1) is 24.0 Å². The van der Waals surface area contributed by atoms with Crippen molar-refractivity contribution in [1.82, 2.24) is 10.2 Å². The topological polar surface area (TPSA) is 120 Å². The van der Waals surface area contributed by atoms with Crippen LogP contribution >= 0.6 is 11.8 Å². The SMILES string of the molecule is Cc1cc(C)c(NC(=O)CSc2nnc(COc3ccccc3)o2)c([N+](=O)[O-])c1. The number of benzene rings is 2. The van der Waals surface area contributed by atoms with E-state index in [0.29, 0.717) is 11.3 Å². The standard InChI is InChI=1S/C19H18N4O5S/c1-12-8-13(2)18(15(9-12)23(25)26)20-16(24)11-29-19-22-21-17(28-19)10-27-14-6-4-3-5-7-14/h3-9H,10-11H2,1-2H3,(H,20,24). The molecule has 1 N–H and O–H groups in total. The van der Waals surface area contributed by atoms with E-state index in [4.69, 9.17) is 9.15 Å². The molecule has 9 nitrogen and oxygen atoms in total. The number of amides is 1. The molecule has 0 atom stereocenters. The molecule has 3 aromatic rings. The van der Waals surface area contributed by atoms with Gasteiger partial charge in [-0.05, 0) is 37.1 Å². The van der Waals surface area contributed by atoms with Gasteiger partial charge in [0.15, 0.2) is 6.61 Å². The van der Waals surface area contributed by atoms with E-state index < -0.39 is 10.8 Å². The molecule has 0 fully saturated rings. The number of rotatable bonds is 8. The number of nitro benzene ring substituents is 1. The Bertz CT molecular complexity index is 1020. The van der Waals surface area contributed by atoms with Crippen molar-refractivity contribution in [2.45, 2.75) is 25.7 Å². The first-order valence-corrected chi connectivity index (χ1v) is 9.59. The normalized spacial score (nSPS) is 10.6. The first kappa shape index (κ1) is 20.3. The number of nitrogens with zero attached hydrogens (tertiary/aromatic N) is 3. The molecular formula is C19H18N4O5S. The van der Waals surface area contributed by atoms with Gasteiger partial charge in [-0.3, -0.25) is 14.9 Å². The molecule has 2 aromatic carbocycles. The number of ether oxygens (including phenoxy) is 1. The van der Waals surface area contributed by atoms with Gasteiger partial charge in [0, 0.05) is 6.07 Å². The molecule has 3 rings (SSSR count). The Labute approximate surface area is 170 Å². The molecule has 10 heteroatoms. The number of carbonyl (C=O) groups is 1. The number of nitro groups is 1. The summed E-state index contributed by atoms with van der Waals surface area (Å²) < 4.78 is 11.0. The number of para-hydroxylation sites is 1. The van der Waals surface area contributed by atoms with Crippen LogP contribution in [0.2, 0.25) is 0 Å². The summed E-state index contributed by atoms with van der Waals surface area (Å²) in [6.07, 6.45) is 0. The van der Waals surface area contributed by atoms with E-state index in [2.05, 4.69) is 15.5 Å². The summed E-state index contributed by atoms with van der Waals surface area (Å²) in [5.41, 5.74) is 1.42. The molecule has 1 amide bonds. The van der Waals surface area contributed by atoms with Gasteiger partial charge in [0.1, 0.15) is 11.4 Å². The number of carbonyl (C=O) groups excluding carboxylic acids is 1. The fourth-order valence-corrected chi connectivity index (χ4v) is 3.15. The molecule has 0 bridgehead atoms. The van der Waals surface area contributed by atoms with Gasteiger partial charge in [-0.2, -0.15) is 0 Å². The van der Waals surface area contributed by atoms with Gasteiger partial charge in [0.05, 0.1) is 10.7 Å². The Balaban J connectivity index is 1.55. The number of hydrogen-bond acceptors (Lipinski definition) is 8. The highest BCUT2D eigenvalue weighted by atomic mass is 32.2. The van der Waals surface area contributed by atoms with Crippen molar-refractivity contribution in [3.63, 3.8) is 0 Å². The van der Waals surface area contributed by atoms with Crippen LogP contribution in [0.1, 0.15) is 17.0 Å². The third-order valence-corrected chi connectivity index (χ3v) is 4.62. The maximum Gasteiger partial charge on any atom is 0.293 e. The summed E-state index contributed by atoms with van der Waals surface area (Å²) in [5, 5.41) is 21.8. The maximum atomic E-state index is 12.2. The van der Waals surface area contributed by atoms with E-state index in [9.17, 15) is 14.9 Å². The van der Waals surface area contributed by atoms with Gasteiger partial charge in [-0.25, -0.2) is 0 Å². The predicted molar refractivity (Wildman–Crippen MR) is 107 cm³/mol. The van der Waals surface area contributed by atoms with Gasteiger partial charge in [0.2, 0.25) is 5.91 Å². The van der Waals surface area contributed by atoms with Gasteiger partial charge < -0.3 is 14.5 Å². The third-order valence-electron chi connectivity index (χ3n) is 3.80. The van der Waals surface area contributed by atoms with Crippen LogP contribution in [0.5, 0.6) is 5.75 Å². The van der Waals surface area contributed by atoms with E-state index in [0.717, 1.165) is 17.3 Å². The molecule has 0 radical (unpaired) electrons. The van der Waals surface area contributed by atoms with Gasteiger partial charge in [-0.15, -0.1) is 10.2 Å². The van der Waals surface area contributed by atoms with Crippen molar-refractivity contribution in [3.05, 3.63) is 69.6 Å². The first-order chi connectivity index (χ1) is 13.9. The van der Waals surface area contributed by atoms with Crippen LogP contribution in [0.15, 0.2) is 52.1 Å². The van der Waals surface area contributed by atoms with E-state index in [1.165, 1.54) is 6.07 Å². The van der Waals surface area contributed by atoms with Crippen molar-refractivity contribution >= 4 is 29.0 Å². The summed E-state index contributed by atoms with van der Waals surface area (Å²) in [4.78, 5) is 23.0. The molecule has 1 heterocycles. The molecule has 0 spiro atoms.